The molecule has 0 aliphatic carbocycles. The molecule has 0 fully saturated rings. The first-order chi connectivity index (χ1) is 14.0. The third-order valence-corrected chi connectivity index (χ3v) is 4.73. The van der Waals surface area contributed by atoms with E-state index in [1.54, 1.807) is 54.2 Å². The monoisotopic (exact) mass is 409 g/mol. The van der Waals surface area contributed by atoms with Gasteiger partial charge in [-0.25, -0.2) is 9.37 Å². The highest BCUT2D eigenvalue weighted by Crippen LogP contribution is 2.21. The summed E-state index contributed by atoms with van der Waals surface area (Å²) in [6.07, 6.45) is 3.32. The van der Waals surface area contributed by atoms with Gasteiger partial charge >= 0.3 is 0 Å². The summed E-state index contributed by atoms with van der Waals surface area (Å²) in [5, 5.41) is 10.2. The predicted octanol–water partition coefficient (Wildman–Crippen LogP) is 4.29. The maximum atomic E-state index is 14.5. The fourth-order valence-electron chi connectivity index (χ4n) is 3.00. The Kier molecular flexibility index (Phi) is 5.14. The quantitative estimate of drug-likeness (QED) is 0.516. The van der Waals surface area contributed by atoms with E-state index in [2.05, 4.69) is 20.5 Å². The van der Waals surface area contributed by atoms with Crippen molar-refractivity contribution in [3.8, 4) is 16.9 Å². The van der Waals surface area contributed by atoms with E-state index in [1.165, 1.54) is 6.07 Å². The minimum Gasteiger partial charge on any atom is -0.347 e. The molecule has 6 nitrogen and oxygen atoms in total. The molecule has 0 saturated heterocycles. The summed E-state index contributed by atoms with van der Waals surface area (Å²) in [6.45, 7) is 1.99. The van der Waals surface area contributed by atoms with Crippen molar-refractivity contribution in [3.63, 3.8) is 0 Å². The minimum atomic E-state index is -0.386. The van der Waals surface area contributed by atoms with Gasteiger partial charge in [0.2, 0.25) is 0 Å². The zero-order valence-electron chi connectivity index (χ0n) is 15.5. The van der Waals surface area contributed by atoms with Gasteiger partial charge < -0.3 is 9.88 Å². The number of benzene rings is 2. The SMILES string of the molecule is Cc1nccn1-c1ccc(CNC(=O)c2cc(-c3cccc(Cl)c3)n[nH]2)cc1F. The standard InChI is InChI=1S/C21H17ClFN5O/c1-13-24-7-8-28(13)20-6-5-14(9-17(20)23)12-25-21(29)19-11-18(26-27-19)15-3-2-4-16(22)10-15/h2-11H,12H2,1H3,(H,25,29)(H,26,27). The lowest BCUT2D eigenvalue weighted by Gasteiger charge is -2.09. The van der Waals surface area contributed by atoms with E-state index in [9.17, 15) is 9.18 Å². The van der Waals surface area contributed by atoms with Crippen LogP contribution in [-0.2, 0) is 6.54 Å². The van der Waals surface area contributed by atoms with Gasteiger partial charge in [0.15, 0.2) is 0 Å². The van der Waals surface area contributed by atoms with Gasteiger partial charge in [-0.2, -0.15) is 5.10 Å². The summed E-state index contributed by atoms with van der Waals surface area (Å²) < 4.78 is 16.1. The van der Waals surface area contributed by atoms with Gasteiger partial charge in [-0.15, -0.1) is 0 Å². The Balaban J connectivity index is 1.44. The Bertz CT molecular complexity index is 1180. The Morgan fingerprint density at radius 3 is 2.83 bits per heavy atom. The fourth-order valence-corrected chi connectivity index (χ4v) is 3.19. The van der Waals surface area contributed by atoms with Crippen LogP contribution in [0, 0.1) is 12.7 Å². The highest BCUT2D eigenvalue weighted by Gasteiger charge is 2.12. The van der Waals surface area contributed by atoms with E-state index >= 15 is 0 Å². The first kappa shape index (κ1) is 18.9. The van der Waals surface area contributed by atoms with E-state index in [-0.39, 0.29) is 18.3 Å². The first-order valence-corrected chi connectivity index (χ1v) is 9.27. The van der Waals surface area contributed by atoms with Gasteiger partial charge in [-0.1, -0.05) is 29.8 Å². The van der Waals surface area contributed by atoms with Crippen molar-refractivity contribution in [2.24, 2.45) is 0 Å². The molecule has 0 atom stereocenters. The maximum Gasteiger partial charge on any atom is 0.269 e. The molecule has 8 heteroatoms. The van der Waals surface area contributed by atoms with Crippen molar-refractivity contribution in [1.29, 1.82) is 0 Å². The number of hydrogen-bond donors (Lipinski definition) is 2. The molecule has 1 amide bonds. The van der Waals surface area contributed by atoms with E-state index in [4.69, 9.17) is 11.6 Å². The summed E-state index contributed by atoms with van der Waals surface area (Å²) in [5.74, 6) is -0.0249. The molecule has 146 valence electrons. The summed E-state index contributed by atoms with van der Waals surface area (Å²) >= 11 is 5.99. The number of nitrogens with zero attached hydrogens (tertiary/aromatic N) is 3. The van der Waals surface area contributed by atoms with Crippen LogP contribution < -0.4 is 5.32 Å². The zero-order valence-corrected chi connectivity index (χ0v) is 16.2. The number of H-pyrrole nitrogens is 1. The van der Waals surface area contributed by atoms with Gasteiger partial charge in [0.1, 0.15) is 17.3 Å². The van der Waals surface area contributed by atoms with Gasteiger partial charge in [-0.3, -0.25) is 9.89 Å². The molecular formula is C21H17ClFN5O. The number of carbonyl (C=O) groups is 1. The van der Waals surface area contributed by atoms with Gasteiger partial charge in [-0.05, 0) is 42.8 Å². The fraction of sp³-hybridized carbons (Fsp3) is 0.0952. The summed E-state index contributed by atoms with van der Waals surface area (Å²) in [7, 11) is 0. The lowest BCUT2D eigenvalue weighted by Crippen LogP contribution is -2.23. The van der Waals surface area contributed by atoms with Crippen LogP contribution in [0.2, 0.25) is 5.02 Å². The normalized spacial score (nSPS) is 10.9. The lowest BCUT2D eigenvalue weighted by molar-refractivity contribution is 0.0946. The maximum absolute atomic E-state index is 14.5. The number of aromatic nitrogens is 4. The molecule has 0 bridgehead atoms. The van der Waals surface area contributed by atoms with Crippen molar-refractivity contribution in [2.75, 3.05) is 0 Å². The van der Waals surface area contributed by atoms with Crippen LogP contribution in [0.1, 0.15) is 21.9 Å². The van der Waals surface area contributed by atoms with E-state index in [0.29, 0.717) is 33.5 Å². The number of amides is 1. The van der Waals surface area contributed by atoms with Crippen LogP contribution in [0.4, 0.5) is 4.39 Å². The van der Waals surface area contributed by atoms with E-state index in [0.717, 1.165) is 5.56 Å². The van der Waals surface area contributed by atoms with Crippen molar-refractivity contribution in [3.05, 3.63) is 88.8 Å². The number of imidazole rings is 1. The molecule has 2 heterocycles. The van der Waals surface area contributed by atoms with Crippen LogP contribution in [0.25, 0.3) is 16.9 Å². The molecule has 0 spiro atoms. The number of rotatable bonds is 5. The molecule has 0 radical (unpaired) electrons. The Morgan fingerprint density at radius 2 is 2.10 bits per heavy atom. The molecule has 0 saturated carbocycles. The zero-order chi connectivity index (χ0) is 20.4. The average Bonchev–Trinajstić information content (AvgIpc) is 3.36. The summed E-state index contributed by atoms with van der Waals surface area (Å²) in [6, 6.07) is 13.7. The third-order valence-electron chi connectivity index (χ3n) is 4.49. The Morgan fingerprint density at radius 1 is 1.24 bits per heavy atom. The van der Waals surface area contributed by atoms with Gasteiger partial charge in [0.05, 0.1) is 11.4 Å². The second kappa shape index (κ2) is 7.89. The van der Waals surface area contributed by atoms with Gasteiger partial charge in [0, 0.05) is 29.5 Å². The second-order valence-electron chi connectivity index (χ2n) is 6.49. The smallest absolute Gasteiger partial charge is 0.269 e. The average molecular weight is 410 g/mol. The lowest BCUT2D eigenvalue weighted by atomic mass is 10.1. The Labute approximate surface area is 171 Å². The molecule has 2 aromatic carbocycles. The van der Waals surface area contributed by atoms with Crippen LogP contribution in [0.15, 0.2) is 60.9 Å². The first-order valence-electron chi connectivity index (χ1n) is 8.89. The molecule has 4 aromatic rings. The van der Waals surface area contributed by atoms with Crippen molar-refractivity contribution in [2.45, 2.75) is 13.5 Å². The minimum absolute atomic E-state index is 0.185. The highest BCUT2D eigenvalue weighted by molar-refractivity contribution is 6.30. The number of halogens is 2. The summed E-state index contributed by atoms with van der Waals surface area (Å²) in [5.41, 5.74) is 2.79. The van der Waals surface area contributed by atoms with Crippen molar-refractivity contribution in [1.82, 2.24) is 25.1 Å². The molecule has 29 heavy (non-hydrogen) atoms. The predicted molar refractivity (Wildman–Crippen MR) is 108 cm³/mol. The van der Waals surface area contributed by atoms with Crippen LogP contribution in [0.5, 0.6) is 0 Å². The molecule has 0 unspecified atom stereocenters. The topological polar surface area (TPSA) is 75.6 Å². The largest absolute Gasteiger partial charge is 0.347 e. The Hall–Kier alpha value is -3.45. The summed E-state index contributed by atoms with van der Waals surface area (Å²) in [4.78, 5) is 16.5. The second-order valence-corrected chi connectivity index (χ2v) is 6.93. The van der Waals surface area contributed by atoms with E-state index < -0.39 is 0 Å². The van der Waals surface area contributed by atoms with Crippen molar-refractivity contribution >= 4 is 17.5 Å². The number of hydrogen-bond acceptors (Lipinski definition) is 3. The van der Waals surface area contributed by atoms with Crippen molar-refractivity contribution < 1.29 is 9.18 Å². The third kappa shape index (κ3) is 4.05. The molecular weight excluding hydrogens is 393 g/mol. The number of carbonyl (C=O) groups excluding carboxylic acids is 1. The number of aromatic amines is 1. The molecule has 0 aliphatic rings. The highest BCUT2D eigenvalue weighted by atomic mass is 35.5. The van der Waals surface area contributed by atoms with Crippen LogP contribution in [0.3, 0.4) is 0 Å². The van der Waals surface area contributed by atoms with E-state index in [1.807, 2.05) is 12.1 Å². The van der Waals surface area contributed by atoms with Gasteiger partial charge in [0.25, 0.3) is 5.91 Å². The molecule has 2 aromatic heterocycles. The van der Waals surface area contributed by atoms with Crippen LogP contribution in [-0.4, -0.2) is 25.7 Å². The van der Waals surface area contributed by atoms with Crippen LogP contribution >= 0.6 is 11.6 Å². The molecule has 0 aliphatic heterocycles. The molecule has 2 N–H and O–H groups in total. The number of aryl methyl sites for hydroxylation is 1. The number of nitrogens with one attached hydrogen (secondary N) is 2. The molecule has 4 rings (SSSR count).